The van der Waals surface area contributed by atoms with Gasteiger partial charge in [-0.3, -0.25) is 9.89 Å². The molecular weight excluding hydrogens is 443 g/mol. The summed E-state index contributed by atoms with van der Waals surface area (Å²) in [6, 6.07) is 6.84. The molecular formula is C19H33IN4O2. The van der Waals surface area contributed by atoms with E-state index in [-0.39, 0.29) is 24.0 Å². The first-order chi connectivity index (χ1) is 12.2. The second kappa shape index (κ2) is 12.2. The summed E-state index contributed by atoms with van der Waals surface area (Å²) >= 11 is 0. The largest absolute Gasteiger partial charge is 0.493 e. The van der Waals surface area contributed by atoms with Gasteiger partial charge < -0.3 is 20.1 Å². The molecule has 2 N–H and O–H groups in total. The number of halogens is 1. The van der Waals surface area contributed by atoms with E-state index in [2.05, 4.69) is 33.5 Å². The number of guanidine groups is 1. The molecule has 0 unspecified atom stereocenters. The van der Waals surface area contributed by atoms with E-state index in [0.29, 0.717) is 0 Å². The lowest BCUT2D eigenvalue weighted by molar-refractivity contribution is 0.282. The molecule has 1 aliphatic carbocycles. The number of aliphatic imine (C=N–C) groups is 1. The van der Waals surface area contributed by atoms with Crippen LogP contribution < -0.4 is 20.1 Å². The number of methoxy groups -OCH3 is 2. The lowest BCUT2D eigenvalue weighted by atomic mass is 10.1. The monoisotopic (exact) mass is 476 g/mol. The summed E-state index contributed by atoms with van der Waals surface area (Å²) in [5.41, 5.74) is 1.20. The Bertz CT molecular complexity index is 564. The molecule has 0 amide bonds. The highest BCUT2D eigenvalue weighted by Crippen LogP contribution is 2.27. The second-order valence-corrected chi connectivity index (χ2v) is 6.22. The van der Waals surface area contributed by atoms with Crippen LogP contribution in [0.15, 0.2) is 23.2 Å². The van der Waals surface area contributed by atoms with Crippen molar-refractivity contribution in [2.75, 3.05) is 47.4 Å². The number of ether oxygens (including phenoxy) is 2. The highest BCUT2D eigenvalue weighted by Gasteiger charge is 2.27. The average molecular weight is 476 g/mol. The fraction of sp³-hybridized carbons (Fsp3) is 0.632. The average Bonchev–Trinajstić information content (AvgIpc) is 3.48. The number of rotatable bonds is 10. The molecule has 0 bridgehead atoms. The Morgan fingerprint density at radius 2 is 1.85 bits per heavy atom. The molecule has 0 saturated heterocycles. The number of hydrogen-bond donors (Lipinski definition) is 2. The molecule has 0 radical (unpaired) electrons. The van der Waals surface area contributed by atoms with Gasteiger partial charge in [0.05, 0.1) is 14.2 Å². The van der Waals surface area contributed by atoms with Crippen molar-refractivity contribution in [3.63, 3.8) is 0 Å². The minimum absolute atomic E-state index is 0. The van der Waals surface area contributed by atoms with Crippen molar-refractivity contribution in [2.45, 2.75) is 32.2 Å². The van der Waals surface area contributed by atoms with Gasteiger partial charge in [0.15, 0.2) is 17.5 Å². The van der Waals surface area contributed by atoms with Crippen LogP contribution >= 0.6 is 24.0 Å². The van der Waals surface area contributed by atoms with E-state index < -0.39 is 0 Å². The molecule has 6 nitrogen and oxygen atoms in total. The molecule has 26 heavy (non-hydrogen) atoms. The Kier molecular flexibility index (Phi) is 10.7. The smallest absolute Gasteiger partial charge is 0.191 e. The van der Waals surface area contributed by atoms with Gasteiger partial charge in [-0.1, -0.05) is 13.0 Å². The summed E-state index contributed by atoms with van der Waals surface area (Å²) in [5.74, 6) is 2.38. The number of likely N-dealkylation sites (N-methyl/N-ethyl adjacent to an activating group) is 1. The standard InChI is InChI=1S/C19H32N4O2.HI/c1-5-23(16-7-8-16)13-12-22-19(20-2)21-11-10-15-6-9-17(24-3)18(14-15)25-4;/h6,9,14,16H,5,7-8,10-13H2,1-4H3,(H2,20,21,22);1H. The third kappa shape index (κ3) is 7.19. The van der Waals surface area contributed by atoms with Crippen molar-refractivity contribution >= 4 is 29.9 Å². The Morgan fingerprint density at radius 3 is 2.42 bits per heavy atom. The minimum Gasteiger partial charge on any atom is -0.493 e. The lowest BCUT2D eigenvalue weighted by Gasteiger charge is -2.20. The highest BCUT2D eigenvalue weighted by molar-refractivity contribution is 14.0. The predicted molar refractivity (Wildman–Crippen MR) is 118 cm³/mol. The van der Waals surface area contributed by atoms with Crippen LogP contribution in [0.1, 0.15) is 25.3 Å². The first-order valence-corrected chi connectivity index (χ1v) is 9.11. The van der Waals surface area contributed by atoms with Crippen LogP contribution in [0.4, 0.5) is 0 Å². The second-order valence-electron chi connectivity index (χ2n) is 6.22. The third-order valence-electron chi connectivity index (χ3n) is 4.54. The highest BCUT2D eigenvalue weighted by atomic mass is 127. The fourth-order valence-corrected chi connectivity index (χ4v) is 2.94. The van der Waals surface area contributed by atoms with Gasteiger partial charge in [0, 0.05) is 32.7 Å². The van der Waals surface area contributed by atoms with Gasteiger partial charge in [0.25, 0.3) is 0 Å². The maximum atomic E-state index is 5.35. The van der Waals surface area contributed by atoms with Crippen LogP contribution in [0.25, 0.3) is 0 Å². The normalized spacial score (nSPS) is 14.0. The maximum absolute atomic E-state index is 5.35. The topological polar surface area (TPSA) is 58.1 Å². The van der Waals surface area contributed by atoms with Crippen LogP contribution in [-0.2, 0) is 6.42 Å². The van der Waals surface area contributed by atoms with E-state index in [1.165, 1.54) is 18.4 Å². The zero-order valence-electron chi connectivity index (χ0n) is 16.4. The van der Waals surface area contributed by atoms with Gasteiger partial charge in [-0.15, -0.1) is 24.0 Å². The third-order valence-corrected chi connectivity index (χ3v) is 4.54. The molecule has 0 atom stereocenters. The molecule has 1 aromatic rings. The number of hydrogen-bond acceptors (Lipinski definition) is 4. The van der Waals surface area contributed by atoms with E-state index in [0.717, 1.165) is 56.1 Å². The molecule has 1 fully saturated rings. The summed E-state index contributed by atoms with van der Waals surface area (Å²) in [6.45, 7) is 6.15. The van der Waals surface area contributed by atoms with Gasteiger partial charge in [0.1, 0.15) is 0 Å². The maximum Gasteiger partial charge on any atom is 0.191 e. The Balaban J connectivity index is 0.00000338. The summed E-state index contributed by atoms with van der Waals surface area (Å²) in [7, 11) is 5.12. The van der Waals surface area contributed by atoms with Crippen LogP contribution in [-0.4, -0.2) is 64.3 Å². The van der Waals surface area contributed by atoms with E-state index >= 15 is 0 Å². The van der Waals surface area contributed by atoms with Gasteiger partial charge in [-0.25, -0.2) is 0 Å². The lowest BCUT2D eigenvalue weighted by Crippen LogP contribution is -2.42. The predicted octanol–water partition coefficient (Wildman–Crippen LogP) is 2.51. The number of nitrogens with zero attached hydrogens (tertiary/aromatic N) is 2. The van der Waals surface area contributed by atoms with E-state index in [1.807, 2.05) is 19.2 Å². The van der Waals surface area contributed by atoms with Gasteiger partial charge in [-0.05, 0) is 43.5 Å². The summed E-state index contributed by atoms with van der Waals surface area (Å²) in [5, 5.41) is 6.77. The van der Waals surface area contributed by atoms with Gasteiger partial charge in [0.2, 0.25) is 0 Å². The van der Waals surface area contributed by atoms with Crippen molar-refractivity contribution in [1.29, 1.82) is 0 Å². The summed E-state index contributed by atoms with van der Waals surface area (Å²) in [6.07, 6.45) is 3.60. The zero-order chi connectivity index (χ0) is 18.1. The SMILES string of the molecule is CCN(CCNC(=NC)NCCc1ccc(OC)c(OC)c1)C1CC1.I. The summed E-state index contributed by atoms with van der Waals surface area (Å²) < 4.78 is 10.6. The van der Waals surface area contributed by atoms with Gasteiger partial charge >= 0.3 is 0 Å². The Hall–Kier alpha value is -1.22. The van der Waals surface area contributed by atoms with Gasteiger partial charge in [-0.2, -0.15) is 0 Å². The molecule has 1 aromatic carbocycles. The Morgan fingerprint density at radius 1 is 1.15 bits per heavy atom. The molecule has 1 saturated carbocycles. The van der Waals surface area contributed by atoms with E-state index in [9.17, 15) is 0 Å². The first kappa shape index (κ1) is 22.8. The van der Waals surface area contributed by atoms with Crippen LogP contribution in [0, 0.1) is 0 Å². The van der Waals surface area contributed by atoms with Crippen LogP contribution in [0.2, 0.25) is 0 Å². The quantitative estimate of drug-likeness (QED) is 0.309. The molecule has 0 aliphatic heterocycles. The number of benzene rings is 1. The minimum atomic E-state index is 0. The molecule has 7 heteroatoms. The molecule has 148 valence electrons. The van der Waals surface area contributed by atoms with Crippen LogP contribution in [0.5, 0.6) is 11.5 Å². The van der Waals surface area contributed by atoms with Crippen molar-refractivity contribution in [1.82, 2.24) is 15.5 Å². The fourth-order valence-electron chi connectivity index (χ4n) is 2.94. The Labute approximate surface area is 174 Å². The van der Waals surface area contributed by atoms with Crippen LogP contribution in [0.3, 0.4) is 0 Å². The molecule has 2 rings (SSSR count). The summed E-state index contributed by atoms with van der Waals surface area (Å²) in [4.78, 5) is 6.83. The molecule has 0 aromatic heterocycles. The first-order valence-electron chi connectivity index (χ1n) is 9.11. The van der Waals surface area contributed by atoms with Crippen molar-refractivity contribution in [2.24, 2.45) is 4.99 Å². The van der Waals surface area contributed by atoms with E-state index in [1.54, 1.807) is 14.2 Å². The molecule has 1 aliphatic rings. The van der Waals surface area contributed by atoms with E-state index in [4.69, 9.17) is 9.47 Å². The zero-order valence-corrected chi connectivity index (χ0v) is 18.7. The van der Waals surface area contributed by atoms with Crippen molar-refractivity contribution in [3.05, 3.63) is 23.8 Å². The van der Waals surface area contributed by atoms with Crippen molar-refractivity contribution in [3.8, 4) is 11.5 Å². The number of nitrogens with one attached hydrogen (secondary N) is 2. The van der Waals surface area contributed by atoms with Crippen molar-refractivity contribution < 1.29 is 9.47 Å². The molecule has 0 spiro atoms. The molecule has 0 heterocycles.